The third kappa shape index (κ3) is 7.31. The van der Waals surface area contributed by atoms with E-state index >= 15 is 0 Å². The summed E-state index contributed by atoms with van der Waals surface area (Å²) in [7, 11) is 1.31. The van der Waals surface area contributed by atoms with Crippen LogP contribution < -0.4 is 16.0 Å². The number of fused-ring (bicyclic) bond motifs is 1. The molecule has 1 unspecified atom stereocenters. The maximum absolute atomic E-state index is 13.8. The Morgan fingerprint density at radius 3 is 2.59 bits per heavy atom. The van der Waals surface area contributed by atoms with Crippen LogP contribution in [0.15, 0.2) is 46.4 Å². The molecule has 0 aliphatic carbocycles. The van der Waals surface area contributed by atoms with Gasteiger partial charge in [-0.15, -0.1) is 17.1 Å². The van der Waals surface area contributed by atoms with Crippen LogP contribution in [0.4, 0.5) is 17.1 Å². The lowest BCUT2D eigenvalue weighted by molar-refractivity contribution is -0.303. The molecule has 0 aromatic carbocycles. The van der Waals surface area contributed by atoms with E-state index in [0.717, 1.165) is 21.3 Å². The van der Waals surface area contributed by atoms with E-state index in [0.29, 0.717) is 10.6 Å². The molecule has 2 heterocycles. The van der Waals surface area contributed by atoms with Crippen LogP contribution in [0.5, 0.6) is 6.01 Å². The van der Waals surface area contributed by atoms with E-state index in [1.54, 1.807) is 0 Å². The zero-order valence-corrected chi connectivity index (χ0v) is 21.4. The standard InChI is InChI=1S/C17H18F4IN4O6PS/c1-4-11(9-10(2)32-17(18,19)20)31-15-23-13-12(26(15)34-21)14(27)25(16(28)24(13)3)5-6-29-7-8-30-33-22/h4,9,33H,1-2,5-8H2,3H3/b11-9+. The number of nitrogens with zero attached hydrogens (tertiary/aromatic N) is 4. The maximum atomic E-state index is 13.8. The van der Waals surface area contributed by atoms with Crippen molar-refractivity contribution in [3.05, 3.63) is 57.7 Å². The molecule has 0 saturated carbocycles. The lowest BCUT2D eigenvalue weighted by atomic mass is 10.4. The average molecular weight is 640 g/mol. The Morgan fingerprint density at radius 2 is 2.00 bits per heavy atom. The van der Waals surface area contributed by atoms with Crippen molar-refractivity contribution in [2.75, 3.05) is 19.8 Å². The number of alkyl halides is 3. The van der Waals surface area contributed by atoms with Crippen molar-refractivity contribution in [1.82, 2.24) is 18.1 Å². The molecule has 0 aliphatic rings. The highest BCUT2D eigenvalue weighted by atomic mass is 127. The van der Waals surface area contributed by atoms with E-state index in [1.807, 2.05) is 0 Å². The first-order chi connectivity index (χ1) is 16.0. The lowest BCUT2D eigenvalue weighted by Crippen LogP contribution is -2.40. The third-order valence-corrected chi connectivity index (χ3v) is 5.67. The van der Waals surface area contributed by atoms with Gasteiger partial charge in [0.05, 0.1) is 32.8 Å². The van der Waals surface area contributed by atoms with Crippen LogP contribution in [0.1, 0.15) is 0 Å². The molecular formula is C17H18F4IN4O6PS. The lowest BCUT2D eigenvalue weighted by Gasteiger charge is -2.10. The van der Waals surface area contributed by atoms with E-state index in [4.69, 9.17) is 14.0 Å². The highest BCUT2D eigenvalue weighted by Gasteiger charge is 2.31. The monoisotopic (exact) mass is 640 g/mol. The summed E-state index contributed by atoms with van der Waals surface area (Å²) in [6.45, 7) is 7.23. The Morgan fingerprint density at radius 1 is 1.29 bits per heavy atom. The van der Waals surface area contributed by atoms with Gasteiger partial charge in [-0.05, 0) is 28.1 Å². The van der Waals surface area contributed by atoms with Crippen LogP contribution >= 0.6 is 40.8 Å². The molecule has 1 atom stereocenters. The zero-order valence-electron chi connectivity index (χ0n) is 17.4. The highest BCUT2D eigenvalue weighted by molar-refractivity contribution is 14.2. The van der Waals surface area contributed by atoms with Gasteiger partial charge in [-0.2, -0.15) is 8.96 Å². The van der Waals surface area contributed by atoms with Crippen LogP contribution in [0.3, 0.4) is 0 Å². The molecule has 34 heavy (non-hydrogen) atoms. The van der Waals surface area contributed by atoms with E-state index in [-0.39, 0.29) is 43.1 Å². The van der Waals surface area contributed by atoms with E-state index < -0.39 is 41.7 Å². The molecule has 2 aromatic rings. The Hall–Kier alpha value is -1.88. The van der Waals surface area contributed by atoms with Gasteiger partial charge in [-0.25, -0.2) is 4.79 Å². The maximum Gasteiger partial charge on any atom is 0.573 e. The topological polar surface area (TPSA) is 98.7 Å². The molecule has 0 radical (unpaired) electrons. The first-order valence-electron chi connectivity index (χ1n) is 9.07. The molecule has 0 fully saturated rings. The largest absolute Gasteiger partial charge is 0.573 e. The van der Waals surface area contributed by atoms with E-state index in [1.165, 1.54) is 7.05 Å². The number of hydrogen-bond donors (Lipinski definition) is 0. The van der Waals surface area contributed by atoms with Crippen molar-refractivity contribution in [1.29, 1.82) is 0 Å². The van der Waals surface area contributed by atoms with Gasteiger partial charge in [-0.3, -0.25) is 13.9 Å². The van der Waals surface area contributed by atoms with E-state index in [9.17, 15) is 26.6 Å². The van der Waals surface area contributed by atoms with Crippen molar-refractivity contribution in [2.45, 2.75) is 12.9 Å². The quantitative estimate of drug-likeness (QED) is 0.0816. The summed E-state index contributed by atoms with van der Waals surface area (Å²) in [5, 5.41) is 0. The van der Waals surface area contributed by atoms with Gasteiger partial charge >= 0.3 is 18.1 Å². The summed E-state index contributed by atoms with van der Waals surface area (Å²) in [6.07, 6.45) is -3.25. The number of halogens is 5. The highest BCUT2D eigenvalue weighted by Crippen LogP contribution is 2.27. The number of ether oxygens (including phenoxy) is 3. The average Bonchev–Trinajstić information content (AvgIpc) is 3.13. The van der Waals surface area contributed by atoms with Crippen molar-refractivity contribution in [2.24, 2.45) is 7.05 Å². The van der Waals surface area contributed by atoms with Gasteiger partial charge in [0.2, 0.25) is 0 Å². The summed E-state index contributed by atoms with van der Waals surface area (Å²) in [4.78, 5) is 29.5. The Labute approximate surface area is 209 Å². The minimum atomic E-state index is -4.99. The van der Waals surface area contributed by atoms with Crippen LogP contribution in [0, 0.1) is 0 Å². The first-order valence-corrected chi connectivity index (χ1v) is 13.8. The van der Waals surface area contributed by atoms with Crippen molar-refractivity contribution < 1.29 is 35.8 Å². The van der Waals surface area contributed by atoms with Crippen molar-refractivity contribution >= 4 is 52.0 Å². The summed E-state index contributed by atoms with van der Waals surface area (Å²) < 4.78 is 72.7. The molecule has 10 nitrogen and oxygen atoms in total. The van der Waals surface area contributed by atoms with Gasteiger partial charge in [-0.1, -0.05) is 13.2 Å². The number of imidazole rings is 1. The Balaban J connectivity index is 2.40. The molecule has 0 N–H and O–H groups in total. The fourth-order valence-electron chi connectivity index (χ4n) is 2.57. The summed E-state index contributed by atoms with van der Waals surface area (Å²) in [6, 6.07) is -0.536. The predicted octanol–water partition coefficient (Wildman–Crippen LogP) is 3.75. The summed E-state index contributed by atoms with van der Waals surface area (Å²) in [5.74, 6) is -1.18. The van der Waals surface area contributed by atoms with Gasteiger partial charge in [0.15, 0.2) is 23.5 Å². The molecule has 0 bridgehead atoms. The number of hydrogen-bond acceptors (Lipinski definition) is 8. The molecule has 0 spiro atoms. The number of rotatable bonds is 13. The van der Waals surface area contributed by atoms with E-state index in [2.05, 4.69) is 44.9 Å². The Kier molecular flexibility index (Phi) is 10.6. The van der Waals surface area contributed by atoms with Crippen molar-refractivity contribution in [3.63, 3.8) is 0 Å². The van der Waals surface area contributed by atoms with Gasteiger partial charge < -0.3 is 18.7 Å². The number of aryl methyl sites for hydroxylation is 1. The fourth-order valence-corrected chi connectivity index (χ4v) is 3.76. The summed E-state index contributed by atoms with van der Waals surface area (Å²) in [5.41, 5.74) is -2.14. The number of aromatic nitrogens is 4. The third-order valence-electron chi connectivity index (χ3n) is 3.95. The predicted molar refractivity (Wildman–Crippen MR) is 128 cm³/mol. The normalized spacial score (nSPS) is 12.6. The zero-order chi connectivity index (χ0) is 25.5. The SMILES string of the molecule is C=C/C(=C\C(=C)OC(F)(F)F)Oc1nc2c(c(=O)n(CCOCCOPI)c(=O)n2C)n1SF. The first kappa shape index (κ1) is 28.4. The minimum Gasteiger partial charge on any atom is -0.425 e. The number of allylic oxidation sites excluding steroid dienone is 2. The van der Waals surface area contributed by atoms with Crippen LogP contribution in [0.25, 0.3) is 11.2 Å². The second-order valence-electron chi connectivity index (χ2n) is 6.13. The molecule has 2 aromatic heterocycles. The van der Waals surface area contributed by atoms with Gasteiger partial charge in [0, 0.05) is 13.1 Å². The fraction of sp³-hybridized carbons (Fsp3) is 0.353. The van der Waals surface area contributed by atoms with Crippen molar-refractivity contribution in [3.8, 4) is 6.01 Å². The van der Waals surface area contributed by atoms with Gasteiger partial charge in [0.25, 0.3) is 5.56 Å². The van der Waals surface area contributed by atoms with Crippen LogP contribution in [-0.2, 0) is 27.6 Å². The minimum absolute atomic E-state index is 0.0132. The molecule has 17 heteroatoms. The molecule has 0 aliphatic heterocycles. The second-order valence-corrected chi connectivity index (χ2v) is 8.40. The van der Waals surface area contributed by atoms with Crippen LogP contribution in [0.2, 0.25) is 0 Å². The molecule has 188 valence electrons. The molecule has 2 rings (SSSR count). The molecule has 0 saturated heterocycles. The summed E-state index contributed by atoms with van der Waals surface area (Å²) >= 11 is 1.60. The Bertz CT molecular complexity index is 1200. The second kappa shape index (κ2) is 12.7. The molecular weight excluding hydrogens is 622 g/mol. The van der Waals surface area contributed by atoms with Crippen LogP contribution in [-0.4, -0.2) is 44.3 Å². The smallest absolute Gasteiger partial charge is 0.425 e. The molecule has 0 amide bonds. The van der Waals surface area contributed by atoms with Gasteiger partial charge in [0.1, 0.15) is 11.5 Å².